The van der Waals surface area contributed by atoms with Gasteiger partial charge >= 0.3 is 5.97 Å². The van der Waals surface area contributed by atoms with Crippen LogP contribution in [0.5, 0.6) is 11.5 Å². The van der Waals surface area contributed by atoms with Gasteiger partial charge in [-0.1, -0.05) is 0 Å². The van der Waals surface area contributed by atoms with E-state index < -0.39 is 28.4 Å². The summed E-state index contributed by atoms with van der Waals surface area (Å²) in [7, 11) is -1.01. The molecule has 10 heteroatoms. The molecule has 0 aliphatic carbocycles. The molecule has 25 heavy (non-hydrogen) atoms. The zero-order chi connectivity index (χ0) is 19.0. The second-order valence-corrected chi connectivity index (χ2v) is 6.73. The lowest BCUT2D eigenvalue weighted by Crippen LogP contribution is -2.37. The van der Waals surface area contributed by atoms with E-state index in [4.69, 9.17) is 14.6 Å². The van der Waals surface area contributed by atoms with Gasteiger partial charge in [-0.3, -0.25) is 9.59 Å². The fourth-order valence-corrected chi connectivity index (χ4v) is 3.10. The summed E-state index contributed by atoms with van der Waals surface area (Å²) in [4.78, 5) is 23.7. The third kappa shape index (κ3) is 5.91. The number of ether oxygens (including phenoxy) is 2. The van der Waals surface area contributed by atoms with E-state index in [1.807, 2.05) is 0 Å². The van der Waals surface area contributed by atoms with Crippen LogP contribution >= 0.6 is 0 Å². The molecule has 0 atom stereocenters. The smallest absolute Gasteiger partial charge is 0.323 e. The Morgan fingerprint density at radius 2 is 1.84 bits per heavy atom. The van der Waals surface area contributed by atoms with Crippen LogP contribution < -0.4 is 14.2 Å². The Labute approximate surface area is 146 Å². The van der Waals surface area contributed by atoms with Crippen LogP contribution in [0.4, 0.5) is 0 Å². The minimum atomic E-state index is -3.84. The van der Waals surface area contributed by atoms with Crippen LogP contribution in [-0.4, -0.2) is 64.2 Å². The van der Waals surface area contributed by atoms with Gasteiger partial charge in [0.15, 0.2) is 11.5 Å². The normalized spacial score (nSPS) is 11.0. The predicted molar refractivity (Wildman–Crippen MR) is 89.2 cm³/mol. The van der Waals surface area contributed by atoms with Crippen molar-refractivity contribution >= 4 is 21.9 Å². The number of carbonyl (C=O) groups excluding carboxylic acids is 1. The minimum Gasteiger partial charge on any atom is -0.493 e. The highest BCUT2D eigenvalue weighted by Gasteiger charge is 2.19. The molecular weight excluding hydrogens is 352 g/mol. The van der Waals surface area contributed by atoms with Crippen molar-refractivity contribution in [1.82, 2.24) is 9.62 Å². The summed E-state index contributed by atoms with van der Waals surface area (Å²) < 4.78 is 37.0. The number of nitrogens with one attached hydrogen (secondary N) is 1. The van der Waals surface area contributed by atoms with E-state index >= 15 is 0 Å². The largest absolute Gasteiger partial charge is 0.493 e. The number of sulfonamides is 1. The van der Waals surface area contributed by atoms with Crippen molar-refractivity contribution in [3.63, 3.8) is 0 Å². The first kappa shape index (κ1) is 20.7. The molecule has 0 heterocycles. The number of methoxy groups -OCH3 is 2. The van der Waals surface area contributed by atoms with Gasteiger partial charge < -0.3 is 19.5 Å². The Morgan fingerprint density at radius 3 is 2.36 bits per heavy atom. The fraction of sp³-hybridized carbons (Fsp3) is 0.467. The van der Waals surface area contributed by atoms with Crippen molar-refractivity contribution in [2.75, 3.05) is 33.9 Å². The van der Waals surface area contributed by atoms with Crippen LogP contribution in [0.3, 0.4) is 0 Å². The molecule has 2 N–H and O–H groups in total. The quantitative estimate of drug-likeness (QED) is 0.604. The van der Waals surface area contributed by atoms with Crippen LogP contribution in [0.25, 0.3) is 0 Å². The molecule has 0 aliphatic heterocycles. The van der Waals surface area contributed by atoms with E-state index in [9.17, 15) is 18.0 Å². The number of carboxylic acids is 1. The zero-order valence-corrected chi connectivity index (χ0v) is 15.1. The Bertz CT molecular complexity index is 719. The topological polar surface area (TPSA) is 122 Å². The van der Waals surface area contributed by atoms with Gasteiger partial charge in [0.1, 0.15) is 6.54 Å². The molecule has 0 unspecified atom stereocenters. The van der Waals surface area contributed by atoms with Gasteiger partial charge in [-0.2, -0.15) is 0 Å². The molecule has 9 nitrogen and oxygen atoms in total. The second kappa shape index (κ2) is 9.23. The maximum Gasteiger partial charge on any atom is 0.323 e. The number of nitrogens with zero attached hydrogens (tertiary/aromatic N) is 1. The van der Waals surface area contributed by atoms with Crippen molar-refractivity contribution in [2.24, 2.45) is 0 Å². The van der Waals surface area contributed by atoms with E-state index in [0.717, 1.165) is 4.90 Å². The van der Waals surface area contributed by atoms with Gasteiger partial charge in [0, 0.05) is 25.6 Å². The summed E-state index contributed by atoms with van der Waals surface area (Å²) in [5.74, 6) is -0.912. The number of benzene rings is 1. The monoisotopic (exact) mass is 374 g/mol. The molecule has 140 valence electrons. The zero-order valence-electron chi connectivity index (χ0n) is 14.3. The van der Waals surface area contributed by atoms with Crippen molar-refractivity contribution in [2.45, 2.75) is 18.2 Å². The van der Waals surface area contributed by atoms with E-state index in [2.05, 4.69) is 4.72 Å². The molecule has 1 aromatic rings. The maximum absolute atomic E-state index is 12.3. The number of carboxylic acid groups (broad SMARTS) is 1. The third-order valence-electron chi connectivity index (χ3n) is 3.36. The number of likely N-dealkylation sites (N-methyl/N-ethyl adjacent to an activating group) is 1. The van der Waals surface area contributed by atoms with Crippen LogP contribution in [0, 0.1) is 0 Å². The summed E-state index contributed by atoms with van der Waals surface area (Å²) >= 11 is 0. The first-order valence-electron chi connectivity index (χ1n) is 7.46. The van der Waals surface area contributed by atoms with E-state index in [1.54, 1.807) is 6.92 Å². The Balaban J connectivity index is 2.73. The number of hydrogen-bond acceptors (Lipinski definition) is 6. The first-order valence-corrected chi connectivity index (χ1v) is 8.94. The van der Waals surface area contributed by atoms with Crippen molar-refractivity contribution in [3.05, 3.63) is 18.2 Å². The summed E-state index contributed by atoms with van der Waals surface area (Å²) in [6.45, 7) is 1.31. The average Bonchev–Trinajstić information content (AvgIpc) is 2.58. The minimum absolute atomic E-state index is 0.0320. The predicted octanol–water partition coefficient (Wildman–Crippen LogP) is 0.305. The molecule has 0 saturated carbocycles. The standard InChI is InChI=1S/C15H22N2O7S/c1-4-17(10-15(19)20)14(18)7-8-16-25(21,22)11-5-6-12(23-2)13(9-11)24-3/h5-6,9,16H,4,7-8,10H2,1-3H3,(H,19,20). The number of amides is 1. The summed E-state index contributed by atoms with van der Waals surface area (Å²) in [6, 6.07) is 4.13. The molecule has 0 fully saturated rings. The van der Waals surface area contributed by atoms with Gasteiger partial charge in [0.2, 0.25) is 15.9 Å². The van der Waals surface area contributed by atoms with Gasteiger partial charge in [-0.15, -0.1) is 0 Å². The summed E-state index contributed by atoms with van der Waals surface area (Å²) in [5, 5.41) is 8.73. The van der Waals surface area contributed by atoms with Gasteiger partial charge in [-0.25, -0.2) is 13.1 Å². The fourth-order valence-electron chi connectivity index (χ4n) is 2.06. The summed E-state index contributed by atoms with van der Waals surface area (Å²) in [6.07, 6.45) is -0.145. The molecule has 0 bridgehead atoms. The van der Waals surface area contributed by atoms with E-state index in [0.29, 0.717) is 5.75 Å². The van der Waals surface area contributed by atoms with Gasteiger partial charge in [0.05, 0.1) is 19.1 Å². The highest BCUT2D eigenvalue weighted by atomic mass is 32.2. The number of rotatable bonds is 10. The molecule has 1 aromatic carbocycles. The number of aliphatic carboxylic acids is 1. The first-order chi connectivity index (χ1) is 11.7. The Morgan fingerprint density at radius 1 is 1.20 bits per heavy atom. The summed E-state index contributed by atoms with van der Waals surface area (Å²) in [5.41, 5.74) is 0. The van der Waals surface area contributed by atoms with Gasteiger partial charge in [0.25, 0.3) is 0 Å². The van der Waals surface area contributed by atoms with Crippen molar-refractivity contribution in [1.29, 1.82) is 0 Å². The maximum atomic E-state index is 12.3. The second-order valence-electron chi connectivity index (χ2n) is 4.97. The average molecular weight is 374 g/mol. The van der Waals surface area contributed by atoms with Crippen LogP contribution in [0.1, 0.15) is 13.3 Å². The highest BCUT2D eigenvalue weighted by Crippen LogP contribution is 2.29. The molecule has 0 aliphatic rings. The van der Waals surface area contributed by atoms with E-state index in [-0.39, 0.29) is 30.2 Å². The number of hydrogen-bond donors (Lipinski definition) is 2. The lowest BCUT2D eigenvalue weighted by atomic mass is 10.3. The van der Waals surface area contributed by atoms with Crippen molar-refractivity contribution < 1.29 is 32.6 Å². The molecule has 1 amide bonds. The Hall–Kier alpha value is -2.33. The SMILES string of the molecule is CCN(CC(=O)O)C(=O)CCNS(=O)(=O)c1ccc(OC)c(OC)c1. The van der Waals surface area contributed by atoms with Gasteiger partial charge in [-0.05, 0) is 19.1 Å². The van der Waals surface area contributed by atoms with Crippen molar-refractivity contribution in [3.8, 4) is 11.5 Å². The van der Waals surface area contributed by atoms with Crippen LogP contribution in [0.15, 0.2) is 23.1 Å². The lowest BCUT2D eigenvalue weighted by molar-refractivity contribution is -0.144. The van der Waals surface area contributed by atoms with Crippen LogP contribution in [-0.2, 0) is 19.6 Å². The third-order valence-corrected chi connectivity index (χ3v) is 4.82. The molecule has 0 spiro atoms. The molecule has 0 radical (unpaired) electrons. The molecule has 0 aromatic heterocycles. The molecular formula is C15H22N2O7S. The molecule has 0 saturated heterocycles. The highest BCUT2D eigenvalue weighted by molar-refractivity contribution is 7.89. The Kier molecular flexibility index (Phi) is 7.65. The van der Waals surface area contributed by atoms with Crippen LogP contribution in [0.2, 0.25) is 0 Å². The number of carbonyl (C=O) groups is 2. The molecule has 1 rings (SSSR count). The lowest BCUT2D eigenvalue weighted by Gasteiger charge is -2.18. The van der Waals surface area contributed by atoms with E-state index in [1.165, 1.54) is 32.4 Å².